The Kier molecular flexibility index (Phi) is 5.62. The summed E-state index contributed by atoms with van der Waals surface area (Å²) in [6.45, 7) is -0.0257. The predicted molar refractivity (Wildman–Crippen MR) is 97.6 cm³/mol. The van der Waals surface area contributed by atoms with E-state index >= 15 is 0 Å². The van der Waals surface area contributed by atoms with Crippen LogP contribution in [0.3, 0.4) is 0 Å². The van der Waals surface area contributed by atoms with E-state index in [4.69, 9.17) is 0 Å². The van der Waals surface area contributed by atoms with Gasteiger partial charge in [-0.3, -0.25) is 9.59 Å². The average molecular weight is 427 g/mol. The van der Waals surface area contributed by atoms with E-state index < -0.39 is 33.6 Å². The van der Waals surface area contributed by atoms with E-state index in [1.807, 2.05) is 0 Å². The minimum Gasteiger partial charge on any atom is -0.354 e. The van der Waals surface area contributed by atoms with E-state index in [1.54, 1.807) is 0 Å². The van der Waals surface area contributed by atoms with Gasteiger partial charge in [0.15, 0.2) is 0 Å². The van der Waals surface area contributed by atoms with Crippen LogP contribution in [0, 0.1) is 0 Å². The lowest BCUT2D eigenvalue weighted by molar-refractivity contribution is -0.137. The molecule has 0 radical (unpaired) electrons. The topological polar surface area (TPSA) is 95.6 Å². The normalized spacial score (nSPS) is 15.6. The molecule has 2 amide bonds. The lowest BCUT2D eigenvalue weighted by atomic mass is 10.1. The summed E-state index contributed by atoms with van der Waals surface area (Å²) in [5.74, 6) is -1.24. The van der Waals surface area contributed by atoms with Crippen molar-refractivity contribution in [3.05, 3.63) is 59.7 Å². The van der Waals surface area contributed by atoms with Gasteiger partial charge in [0.2, 0.25) is 15.9 Å². The Morgan fingerprint density at radius 1 is 1.10 bits per heavy atom. The van der Waals surface area contributed by atoms with E-state index in [-0.39, 0.29) is 35.8 Å². The fourth-order valence-electron chi connectivity index (χ4n) is 2.74. The summed E-state index contributed by atoms with van der Waals surface area (Å²) in [7, 11) is -3.97. The quantitative estimate of drug-likeness (QED) is 0.781. The third-order valence-corrected chi connectivity index (χ3v) is 6.03. The van der Waals surface area contributed by atoms with Gasteiger partial charge in [-0.15, -0.1) is 0 Å². The minimum absolute atomic E-state index is 0.0925. The molecule has 0 unspecified atom stereocenters. The highest BCUT2D eigenvalue weighted by molar-refractivity contribution is 7.89. The summed E-state index contributed by atoms with van der Waals surface area (Å²) in [5.41, 5.74) is -1.10. The third kappa shape index (κ3) is 4.74. The molecule has 29 heavy (non-hydrogen) atoms. The number of benzene rings is 2. The number of carbonyl (C=O) groups is 2. The molecule has 1 fully saturated rings. The molecule has 7 nitrogen and oxygen atoms in total. The van der Waals surface area contributed by atoms with Crippen molar-refractivity contribution in [1.82, 2.24) is 9.62 Å². The van der Waals surface area contributed by atoms with Crippen molar-refractivity contribution in [2.75, 3.05) is 25.0 Å². The van der Waals surface area contributed by atoms with Crippen molar-refractivity contribution in [2.45, 2.75) is 11.1 Å². The second kappa shape index (κ2) is 7.84. The van der Waals surface area contributed by atoms with Gasteiger partial charge in [0.05, 0.1) is 17.0 Å². The first-order chi connectivity index (χ1) is 13.6. The fourth-order valence-corrected chi connectivity index (χ4v) is 4.19. The molecule has 11 heteroatoms. The third-order valence-electron chi connectivity index (χ3n) is 4.19. The molecule has 3 rings (SSSR count). The van der Waals surface area contributed by atoms with E-state index in [2.05, 4.69) is 10.6 Å². The number of nitrogens with zero attached hydrogens (tertiary/aromatic N) is 1. The molecule has 0 atom stereocenters. The van der Waals surface area contributed by atoms with Gasteiger partial charge < -0.3 is 10.6 Å². The monoisotopic (exact) mass is 427 g/mol. The summed E-state index contributed by atoms with van der Waals surface area (Å²) in [5, 5.41) is 4.92. The van der Waals surface area contributed by atoms with Crippen molar-refractivity contribution in [3.63, 3.8) is 0 Å². The van der Waals surface area contributed by atoms with Crippen molar-refractivity contribution in [3.8, 4) is 0 Å². The largest absolute Gasteiger partial charge is 0.416 e. The Hall–Kier alpha value is -2.92. The van der Waals surface area contributed by atoms with Gasteiger partial charge >= 0.3 is 6.18 Å². The first kappa shape index (κ1) is 20.8. The highest BCUT2D eigenvalue weighted by Gasteiger charge is 2.31. The van der Waals surface area contributed by atoms with Crippen molar-refractivity contribution in [1.29, 1.82) is 0 Å². The van der Waals surface area contributed by atoms with Crippen LogP contribution in [0.25, 0.3) is 0 Å². The van der Waals surface area contributed by atoms with Gasteiger partial charge in [0.1, 0.15) is 0 Å². The second-order valence-electron chi connectivity index (χ2n) is 6.25. The van der Waals surface area contributed by atoms with Crippen LogP contribution in [-0.2, 0) is 21.0 Å². The summed E-state index contributed by atoms with van der Waals surface area (Å²) in [6, 6.07) is 9.18. The Morgan fingerprint density at radius 3 is 2.52 bits per heavy atom. The maximum absolute atomic E-state index is 12.8. The second-order valence-corrected chi connectivity index (χ2v) is 8.19. The van der Waals surface area contributed by atoms with Crippen LogP contribution in [0.15, 0.2) is 53.4 Å². The number of alkyl halides is 3. The number of anilines is 1. The van der Waals surface area contributed by atoms with Crippen LogP contribution in [0.4, 0.5) is 18.9 Å². The van der Waals surface area contributed by atoms with Crippen LogP contribution in [0.5, 0.6) is 0 Å². The van der Waals surface area contributed by atoms with Crippen LogP contribution >= 0.6 is 0 Å². The lowest BCUT2D eigenvalue weighted by Gasteiger charge is -2.26. The molecule has 154 valence electrons. The molecule has 1 aliphatic rings. The Morgan fingerprint density at radius 2 is 1.83 bits per heavy atom. The number of sulfonamides is 1. The molecule has 1 aliphatic heterocycles. The molecule has 0 saturated carbocycles. The Bertz CT molecular complexity index is 1050. The van der Waals surface area contributed by atoms with Gasteiger partial charge in [0.25, 0.3) is 5.91 Å². The fraction of sp³-hybridized carbons (Fsp3) is 0.222. The summed E-state index contributed by atoms with van der Waals surface area (Å²) >= 11 is 0. The number of nitrogens with one attached hydrogen (secondary N) is 2. The molecular weight excluding hydrogens is 411 g/mol. The van der Waals surface area contributed by atoms with Crippen LogP contribution in [-0.4, -0.2) is 44.2 Å². The Labute approximate surface area is 164 Å². The molecule has 0 aromatic heterocycles. The molecule has 2 N–H and O–H groups in total. The number of amides is 2. The Balaban J connectivity index is 1.81. The maximum atomic E-state index is 12.8. The molecule has 0 bridgehead atoms. The van der Waals surface area contributed by atoms with Crippen LogP contribution < -0.4 is 10.6 Å². The highest BCUT2D eigenvalue weighted by atomic mass is 32.2. The highest BCUT2D eigenvalue weighted by Crippen LogP contribution is 2.29. The van der Waals surface area contributed by atoms with Gasteiger partial charge in [-0.1, -0.05) is 12.1 Å². The zero-order valence-corrected chi connectivity index (χ0v) is 15.7. The van der Waals surface area contributed by atoms with E-state index in [1.165, 1.54) is 30.3 Å². The number of carbonyl (C=O) groups excluding carboxylic acids is 2. The zero-order valence-electron chi connectivity index (χ0n) is 14.9. The van der Waals surface area contributed by atoms with Crippen molar-refractivity contribution < 1.29 is 31.2 Å². The number of halogens is 3. The summed E-state index contributed by atoms with van der Waals surface area (Å²) < 4.78 is 64.9. The zero-order chi connectivity index (χ0) is 21.2. The lowest BCUT2D eigenvalue weighted by Crippen LogP contribution is -2.49. The smallest absolute Gasteiger partial charge is 0.354 e. The molecule has 1 heterocycles. The first-order valence-electron chi connectivity index (χ1n) is 8.43. The average Bonchev–Trinajstić information content (AvgIpc) is 2.67. The van der Waals surface area contributed by atoms with E-state index in [0.29, 0.717) is 6.07 Å². The van der Waals surface area contributed by atoms with Crippen LogP contribution in [0.2, 0.25) is 0 Å². The first-order valence-corrected chi connectivity index (χ1v) is 9.87. The standard InChI is InChI=1S/C18H16F3N3O4S/c19-18(20,21)13-4-1-3-12(9-13)17(26)23-14-5-2-6-15(10-14)29(27,28)24-8-7-22-16(25)11-24/h1-6,9-10H,7-8,11H2,(H,22,25)(H,23,26). The summed E-state index contributed by atoms with van der Waals surface area (Å²) in [4.78, 5) is 23.6. The van der Waals surface area contributed by atoms with Gasteiger partial charge in [-0.25, -0.2) is 8.42 Å². The van der Waals surface area contributed by atoms with Crippen molar-refractivity contribution in [2.24, 2.45) is 0 Å². The van der Waals surface area contributed by atoms with Crippen LogP contribution in [0.1, 0.15) is 15.9 Å². The molecular formula is C18H16F3N3O4S. The van der Waals surface area contributed by atoms with E-state index in [9.17, 15) is 31.2 Å². The van der Waals surface area contributed by atoms with E-state index in [0.717, 1.165) is 16.4 Å². The van der Waals surface area contributed by atoms with Gasteiger partial charge in [-0.2, -0.15) is 17.5 Å². The molecule has 1 saturated heterocycles. The van der Waals surface area contributed by atoms with Crippen molar-refractivity contribution >= 4 is 27.5 Å². The molecule has 0 aliphatic carbocycles. The molecule has 0 spiro atoms. The van der Waals surface area contributed by atoms with Gasteiger partial charge in [-0.05, 0) is 36.4 Å². The molecule has 2 aromatic rings. The number of hydrogen-bond donors (Lipinski definition) is 2. The number of rotatable bonds is 4. The number of hydrogen-bond acceptors (Lipinski definition) is 4. The summed E-state index contributed by atoms with van der Waals surface area (Å²) in [6.07, 6.45) is -4.59. The number of piperazine rings is 1. The van der Waals surface area contributed by atoms with Gasteiger partial charge in [0, 0.05) is 24.3 Å². The predicted octanol–water partition coefficient (Wildman–Crippen LogP) is 2.08. The maximum Gasteiger partial charge on any atom is 0.416 e. The molecule has 2 aromatic carbocycles. The SMILES string of the molecule is O=C1CN(S(=O)(=O)c2cccc(NC(=O)c3cccc(C(F)(F)F)c3)c2)CCN1. The minimum atomic E-state index is -4.59.